The molecule has 1 aliphatic carbocycles. The number of halogens is 3. The van der Waals surface area contributed by atoms with Gasteiger partial charge in [0.2, 0.25) is 0 Å². The number of aliphatic carboxylic acids is 1. The van der Waals surface area contributed by atoms with E-state index in [1.165, 1.54) is 5.69 Å². The molecular weight excluding hydrogens is 397 g/mol. The average molecular weight is 418 g/mol. The van der Waals surface area contributed by atoms with E-state index in [9.17, 15) is 18.0 Å². The first-order valence-electron chi connectivity index (χ1n) is 8.55. The van der Waals surface area contributed by atoms with Crippen molar-refractivity contribution >= 4 is 17.7 Å². The highest BCUT2D eigenvalue weighted by molar-refractivity contribution is 7.98. The van der Waals surface area contributed by atoms with Gasteiger partial charge in [-0.15, -0.1) is 0 Å². The topological polar surface area (TPSA) is 101 Å². The lowest BCUT2D eigenvalue weighted by Gasteiger charge is -2.08. The van der Waals surface area contributed by atoms with Crippen LogP contribution in [0.15, 0.2) is 16.3 Å². The molecule has 2 aromatic rings. The lowest BCUT2D eigenvalue weighted by Crippen LogP contribution is -2.21. The fraction of sp³-hybridized carbons (Fsp3) is 0.529. The molecule has 0 aromatic carbocycles. The number of carboxylic acid groups (broad SMARTS) is 1. The van der Waals surface area contributed by atoms with Crippen molar-refractivity contribution in [2.45, 2.75) is 56.1 Å². The summed E-state index contributed by atoms with van der Waals surface area (Å²) in [5.74, 6) is -1.59. The van der Waals surface area contributed by atoms with Crippen LogP contribution in [0.3, 0.4) is 0 Å². The first-order valence-corrected chi connectivity index (χ1v) is 9.54. The van der Waals surface area contributed by atoms with Gasteiger partial charge < -0.3 is 14.7 Å². The Labute approximate surface area is 163 Å². The molecule has 2 aromatic heterocycles. The standard InChI is InChI=1S/C15H20N4OS.C2HF3O2/c1-9(2)13-12(19(3)8-16-13)7-21-15-17-11-6-4-5-10(11)14(20)18-15;3-2(4,5)1(6)7/h8-9H,4-7H2,1-3H3,(H,17,18,20);(H,6,7). The lowest BCUT2D eigenvalue weighted by molar-refractivity contribution is -0.192. The summed E-state index contributed by atoms with van der Waals surface area (Å²) in [7, 11) is 2.01. The number of aromatic nitrogens is 4. The van der Waals surface area contributed by atoms with Gasteiger partial charge in [-0.1, -0.05) is 25.6 Å². The molecule has 0 aliphatic heterocycles. The highest BCUT2D eigenvalue weighted by Gasteiger charge is 2.38. The van der Waals surface area contributed by atoms with Crippen molar-refractivity contribution in [2.75, 3.05) is 0 Å². The van der Waals surface area contributed by atoms with E-state index in [1.807, 2.05) is 17.9 Å². The van der Waals surface area contributed by atoms with Crippen molar-refractivity contribution in [3.63, 3.8) is 0 Å². The number of thioether (sulfide) groups is 1. The number of nitrogens with zero attached hydrogens (tertiary/aromatic N) is 3. The van der Waals surface area contributed by atoms with E-state index < -0.39 is 12.1 Å². The molecule has 0 amide bonds. The van der Waals surface area contributed by atoms with Crippen molar-refractivity contribution in [1.29, 1.82) is 0 Å². The summed E-state index contributed by atoms with van der Waals surface area (Å²) >= 11 is 1.58. The number of fused-ring (bicyclic) bond motifs is 1. The molecule has 0 radical (unpaired) electrons. The number of hydrogen-bond acceptors (Lipinski definition) is 5. The normalized spacial score (nSPS) is 13.2. The maximum absolute atomic E-state index is 12.0. The minimum atomic E-state index is -5.08. The number of rotatable bonds is 4. The molecule has 28 heavy (non-hydrogen) atoms. The zero-order valence-electron chi connectivity index (χ0n) is 15.6. The molecule has 7 nitrogen and oxygen atoms in total. The number of aryl methyl sites for hydroxylation is 2. The molecule has 3 rings (SSSR count). The summed E-state index contributed by atoms with van der Waals surface area (Å²) < 4.78 is 33.8. The number of nitrogens with one attached hydrogen (secondary N) is 1. The fourth-order valence-electron chi connectivity index (χ4n) is 2.76. The first-order chi connectivity index (χ1) is 13.0. The summed E-state index contributed by atoms with van der Waals surface area (Å²) in [5, 5.41) is 7.84. The summed E-state index contributed by atoms with van der Waals surface area (Å²) in [6.45, 7) is 4.29. The number of aromatic amines is 1. The Bertz CT molecular complexity index is 906. The smallest absolute Gasteiger partial charge is 0.475 e. The van der Waals surface area contributed by atoms with Gasteiger partial charge in [-0.05, 0) is 25.2 Å². The highest BCUT2D eigenvalue weighted by atomic mass is 32.2. The molecule has 2 N–H and O–H groups in total. The molecule has 0 fully saturated rings. The predicted molar refractivity (Wildman–Crippen MR) is 97.4 cm³/mol. The van der Waals surface area contributed by atoms with Gasteiger partial charge in [0, 0.05) is 18.4 Å². The van der Waals surface area contributed by atoms with E-state index in [0.29, 0.717) is 5.92 Å². The number of alkyl halides is 3. The van der Waals surface area contributed by atoms with Crippen LogP contribution in [-0.4, -0.2) is 36.8 Å². The van der Waals surface area contributed by atoms with E-state index in [1.54, 1.807) is 11.8 Å². The Balaban J connectivity index is 0.000000345. The van der Waals surface area contributed by atoms with Crippen LogP contribution < -0.4 is 5.56 Å². The van der Waals surface area contributed by atoms with E-state index >= 15 is 0 Å². The third-order valence-corrected chi connectivity index (χ3v) is 5.03. The van der Waals surface area contributed by atoms with Gasteiger partial charge in [0.1, 0.15) is 0 Å². The number of hydrogen-bond donors (Lipinski definition) is 2. The van der Waals surface area contributed by atoms with E-state index in [4.69, 9.17) is 9.90 Å². The van der Waals surface area contributed by atoms with Crippen molar-refractivity contribution in [3.05, 3.63) is 39.3 Å². The van der Waals surface area contributed by atoms with Crippen molar-refractivity contribution in [1.82, 2.24) is 19.5 Å². The van der Waals surface area contributed by atoms with Crippen LogP contribution >= 0.6 is 11.8 Å². The number of imidazole rings is 1. The lowest BCUT2D eigenvalue weighted by atomic mass is 10.1. The van der Waals surface area contributed by atoms with Crippen LogP contribution in [0.5, 0.6) is 0 Å². The molecule has 0 unspecified atom stereocenters. The third kappa shape index (κ3) is 5.37. The summed E-state index contributed by atoms with van der Waals surface area (Å²) in [6.07, 6.45) is -0.402. The van der Waals surface area contributed by atoms with Crippen molar-refractivity contribution < 1.29 is 23.1 Å². The SMILES string of the molecule is CC(C)c1ncn(C)c1CSc1nc2c(c(=O)[nH]1)CCC2.O=C(O)C(F)(F)F. The van der Waals surface area contributed by atoms with Crippen LogP contribution in [0.4, 0.5) is 13.2 Å². The van der Waals surface area contributed by atoms with Gasteiger partial charge in [0.05, 0.1) is 23.4 Å². The van der Waals surface area contributed by atoms with Gasteiger partial charge in [0.15, 0.2) is 5.16 Å². The van der Waals surface area contributed by atoms with E-state index in [-0.39, 0.29) is 5.56 Å². The molecule has 154 valence electrons. The molecule has 0 bridgehead atoms. The van der Waals surface area contributed by atoms with Crippen LogP contribution in [-0.2, 0) is 30.4 Å². The van der Waals surface area contributed by atoms with Crippen LogP contribution in [0.1, 0.15) is 48.8 Å². The first kappa shape index (κ1) is 22.0. The zero-order chi connectivity index (χ0) is 21.1. The van der Waals surface area contributed by atoms with E-state index in [0.717, 1.165) is 47.1 Å². The maximum Gasteiger partial charge on any atom is 0.490 e. The predicted octanol–water partition coefficient (Wildman–Crippen LogP) is 3.04. The van der Waals surface area contributed by atoms with Crippen LogP contribution in [0.25, 0.3) is 0 Å². The largest absolute Gasteiger partial charge is 0.490 e. The third-order valence-electron chi connectivity index (χ3n) is 4.15. The minimum absolute atomic E-state index is 0.0362. The van der Waals surface area contributed by atoms with Gasteiger partial charge >= 0.3 is 12.1 Å². The molecule has 0 atom stereocenters. The molecule has 1 aliphatic rings. The second-order valence-corrected chi connectivity index (χ2v) is 7.55. The van der Waals surface area contributed by atoms with Crippen molar-refractivity contribution in [3.8, 4) is 0 Å². The minimum Gasteiger partial charge on any atom is -0.475 e. The number of H-pyrrole nitrogens is 1. The molecule has 0 spiro atoms. The maximum atomic E-state index is 12.0. The van der Waals surface area contributed by atoms with Gasteiger partial charge in [-0.2, -0.15) is 13.2 Å². The van der Waals surface area contributed by atoms with Gasteiger partial charge in [-0.25, -0.2) is 14.8 Å². The Morgan fingerprint density at radius 2 is 2.04 bits per heavy atom. The molecule has 11 heteroatoms. The monoisotopic (exact) mass is 418 g/mol. The summed E-state index contributed by atoms with van der Waals surface area (Å²) in [6, 6.07) is 0. The fourth-order valence-corrected chi connectivity index (χ4v) is 3.72. The number of carboxylic acids is 1. The Morgan fingerprint density at radius 3 is 2.61 bits per heavy atom. The Hall–Kier alpha value is -2.30. The zero-order valence-corrected chi connectivity index (χ0v) is 16.4. The average Bonchev–Trinajstić information content (AvgIpc) is 3.19. The summed E-state index contributed by atoms with van der Waals surface area (Å²) in [5.41, 5.74) is 4.21. The van der Waals surface area contributed by atoms with Crippen LogP contribution in [0, 0.1) is 0 Å². The Morgan fingerprint density at radius 1 is 1.39 bits per heavy atom. The number of carbonyl (C=O) groups is 1. The van der Waals surface area contributed by atoms with Crippen LogP contribution in [0.2, 0.25) is 0 Å². The molecule has 2 heterocycles. The summed E-state index contributed by atoms with van der Waals surface area (Å²) in [4.78, 5) is 32.9. The second kappa shape index (κ2) is 8.80. The Kier molecular flexibility index (Phi) is 6.91. The van der Waals surface area contributed by atoms with Crippen molar-refractivity contribution in [2.24, 2.45) is 7.05 Å². The van der Waals surface area contributed by atoms with Gasteiger partial charge in [-0.3, -0.25) is 4.79 Å². The quantitative estimate of drug-likeness (QED) is 0.585. The molecule has 0 saturated carbocycles. The molecular formula is C17H21F3N4O3S. The molecule has 0 saturated heterocycles. The van der Waals surface area contributed by atoms with Gasteiger partial charge in [0.25, 0.3) is 5.56 Å². The second-order valence-electron chi connectivity index (χ2n) is 6.58. The highest BCUT2D eigenvalue weighted by Crippen LogP contribution is 2.26. The van der Waals surface area contributed by atoms with E-state index in [2.05, 4.69) is 28.8 Å².